The molecule has 0 spiro atoms. The summed E-state index contributed by atoms with van der Waals surface area (Å²) in [5.41, 5.74) is 5.58. The second-order valence-corrected chi connectivity index (χ2v) is 6.92. The molecule has 1 N–H and O–H groups in total. The summed E-state index contributed by atoms with van der Waals surface area (Å²) in [5.74, 6) is 0.659. The van der Waals surface area contributed by atoms with Crippen molar-refractivity contribution in [3.05, 3.63) is 58.6 Å². The van der Waals surface area contributed by atoms with Gasteiger partial charge < -0.3 is 5.32 Å². The lowest BCUT2D eigenvalue weighted by Gasteiger charge is -2.37. The molecule has 0 atom stereocenters. The van der Waals surface area contributed by atoms with Crippen molar-refractivity contribution in [2.45, 2.75) is 24.8 Å². The van der Waals surface area contributed by atoms with E-state index in [4.69, 9.17) is 11.6 Å². The number of aromatic nitrogens is 1. The van der Waals surface area contributed by atoms with E-state index in [2.05, 4.69) is 40.6 Å². The van der Waals surface area contributed by atoms with Crippen LogP contribution in [0.5, 0.6) is 0 Å². The smallest absolute Gasteiger partial charge is 0.0813 e. The van der Waals surface area contributed by atoms with Crippen molar-refractivity contribution in [1.82, 2.24) is 4.98 Å². The van der Waals surface area contributed by atoms with Crippen molar-refractivity contribution < 1.29 is 0 Å². The highest BCUT2D eigenvalue weighted by atomic mass is 35.5. The predicted molar refractivity (Wildman–Crippen MR) is 90.5 cm³/mol. The number of nitrogens with zero attached hydrogens (tertiary/aromatic N) is 1. The molecule has 1 saturated carbocycles. The molecule has 0 saturated heterocycles. The summed E-state index contributed by atoms with van der Waals surface area (Å²) in [4.78, 5) is 4.31. The second-order valence-electron chi connectivity index (χ2n) is 5.60. The fourth-order valence-electron chi connectivity index (χ4n) is 2.92. The summed E-state index contributed by atoms with van der Waals surface area (Å²) >= 11 is 7.62. The molecule has 0 unspecified atom stereocenters. The predicted octanol–water partition coefficient (Wildman–Crippen LogP) is 5.31. The number of benzene rings is 2. The molecule has 1 aliphatic carbocycles. The van der Waals surface area contributed by atoms with Gasteiger partial charge in [0.2, 0.25) is 0 Å². The third-order valence-electron chi connectivity index (χ3n) is 4.18. The lowest BCUT2D eigenvalue weighted by molar-refractivity contribution is 0.374. The van der Waals surface area contributed by atoms with Gasteiger partial charge in [-0.15, -0.1) is 11.3 Å². The van der Waals surface area contributed by atoms with Gasteiger partial charge in [0.1, 0.15) is 0 Å². The molecule has 4 heteroatoms. The molecular weight excluding hydrogens is 300 g/mol. The molecule has 2 aromatic carbocycles. The van der Waals surface area contributed by atoms with Gasteiger partial charge in [0, 0.05) is 16.8 Å². The van der Waals surface area contributed by atoms with Crippen molar-refractivity contribution in [2.75, 3.05) is 5.32 Å². The van der Waals surface area contributed by atoms with E-state index in [1.807, 2.05) is 17.6 Å². The first-order chi connectivity index (χ1) is 10.3. The first-order valence-electron chi connectivity index (χ1n) is 7.13. The van der Waals surface area contributed by atoms with Crippen LogP contribution in [0.2, 0.25) is 5.02 Å². The topological polar surface area (TPSA) is 24.9 Å². The Morgan fingerprint density at radius 2 is 1.90 bits per heavy atom. The monoisotopic (exact) mass is 314 g/mol. The molecule has 3 aromatic rings. The van der Waals surface area contributed by atoms with Crippen molar-refractivity contribution in [1.29, 1.82) is 0 Å². The van der Waals surface area contributed by atoms with Crippen molar-refractivity contribution in [3.63, 3.8) is 0 Å². The standard InChI is InChI=1S/C17H15ClN2S/c18-13-3-1-11(2-4-13)12-7-15(8-12)20-14-5-6-16-17(9-14)21-10-19-16/h1-6,9-10,12,15,20H,7-8H2. The Bertz CT molecular complexity index is 760. The Labute approximate surface area is 132 Å². The highest BCUT2D eigenvalue weighted by Gasteiger charge is 2.30. The third kappa shape index (κ3) is 2.63. The molecule has 21 heavy (non-hydrogen) atoms. The average molecular weight is 315 g/mol. The van der Waals surface area contributed by atoms with Crippen LogP contribution in [-0.2, 0) is 0 Å². The van der Waals surface area contributed by atoms with E-state index in [1.54, 1.807) is 11.3 Å². The third-order valence-corrected chi connectivity index (χ3v) is 5.23. The van der Waals surface area contributed by atoms with Gasteiger partial charge in [-0.3, -0.25) is 0 Å². The Balaban J connectivity index is 1.40. The lowest BCUT2D eigenvalue weighted by Crippen LogP contribution is -2.33. The normalized spacial score (nSPS) is 21.2. The molecule has 4 rings (SSSR count). The number of nitrogens with one attached hydrogen (secondary N) is 1. The molecule has 0 bridgehead atoms. The molecule has 0 radical (unpaired) electrons. The van der Waals surface area contributed by atoms with Crippen LogP contribution in [-0.4, -0.2) is 11.0 Å². The van der Waals surface area contributed by atoms with Crippen molar-refractivity contribution >= 4 is 38.8 Å². The number of anilines is 1. The maximum atomic E-state index is 5.94. The van der Waals surface area contributed by atoms with Crippen LogP contribution < -0.4 is 5.32 Å². The van der Waals surface area contributed by atoms with Gasteiger partial charge in [-0.05, 0) is 54.7 Å². The van der Waals surface area contributed by atoms with E-state index in [1.165, 1.54) is 28.8 Å². The number of hydrogen-bond donors (Lipinski definition) is 1. The second kappa shape index (κ2) is 5.32. The lowest BCUT2D eigenvalue weighted by atomic mass is 9.76. The van der Waals surface area contributed by atoms with Crippen LogP contribution in [0, 0.1) is 0 Å². The Morgan fingerprint density at radius 3 is 2.71 bits per heavy atom. The van der Waals surface area contributed by atoms with Crippen LogP contribution in [0.1, 0.15) is 24.3 Å². The molecule has 106 valence electrons. The molecule has 1 aliphatic rings. The average Bonchev–Trinajstić information content (AvgIpc) is 2.91. The highest BCUT2D eigenvalue weighted by Crippen LogP contribution is 2.39. The fraction of sp³-hybridized carbons (Fsp3) is 0.235. The van der Waals surface area contributed by atoms with Crippen LogP contribution >= 0.6 is 22.9 Å². The maximum Gasteiger partial charge on any atom is 0.0813 e. The van der Waals surface area contributed by atoms with Gasteiger partial charge in [0.05, 0.1) is 15.7 Å². The molecule has 2 nitrogen and oxygen atoms in total. The van der Waals surface area contributed by atoms with E-state index in [0.29, 0.717) is 12.0 Å². The molecule has 0 aliphatic heterocycles. The first-order valence-corrected chi connectivity index (χ1v) is 8.39. The van der Waals surface area contributed by atoms with Crippen molar-refractivity contribution in [2.24, 2.45) is 0 Å². The minimum absolute atomic E-state index is 0.566. The van der Waals surface area contributed by atoms with E-state index < -0.39 is 0 Å². The molecule has 0 amide bonds. The summed E-state index contributed by atoms with van der Waals surface area (Å²) in [5, 5.41) is 4.43. The Morgan fingerprint density at radius 1 is 1.10 bits per heavy atom. The van der Waals surface area contributed by atoms with Crippen molar-refractivity contribution in [3.8, 4) is 0 Å². The quantitative estimate of drug-likeness (QED) is 0.709. The summed E-state index contributed by atoms with van der Waals surface area (Å²) < 4.78 is 1.24. The SMILES string of the molecule is Clc1ccc(C2CC(Nc3ccc4ncsc4c3)C2)cc1. The first kappa shape index (κ1) is 13.1. The Kier molecular flexibility index (Phi) is 3.32. The van der Waals surface area contributed by atoms with E-state index in [9.17, 15) is 0 Å². The summed E-state index contributed by atoms with van der Waals surface area (Å²) in [6.07, 6.45) is 2.37. The number of halogens is 1. The van der Waals surface area contributed by atoms with Crippen LogP contribution in [0.3, 0.4) is 0 Å². The summed E-state index contributed by atoms with van der Waals surface area (Å²) in [6, 6.07) is 15.2. The molecule has 1 aromatic heterocycles. The molecule has 1 fully saturated rings. The van der Waals surface area contributed by atoms with E-state index in [0.717, 1.165) is 10.5 Å². The minimum Gasteiger partial charge on any atom is -0.382 e. The minimum atomic E-state index is 0.566. The van der Waals surface area contributed by atoms with Crippen LogP contribution in [0.15, 0.2) is 48.0 Å². The zero-order valence-electron chi connectivity index (χ0n) is 11.4. The van der Waals surface area contributed by atoms with Crippen LogP contribution in [0.25, 0.3) is 10.2 Å². The number of rotatable bonds is 3. The number of fused-ring (bicyclic) bond motifs is 1. The zero-order valence-corrected chi connectivity index (χ0v) is 13.0. The van der Waals surface area contributed by atoms with Gasteiger partial charge in [-0.2, -0.15) is 0 Å². The highest BCUT2D eigenvalue weighted by molar-refractivity contribution is 7.16. The van der Waals surface area contributed by atoms with E-state index >= 15 is 0 Å². The van der Waals surface area contributed by atoms with Gasteiger partial charge in [0.25, 0.3) is 0 Å². The summed E-state index contributed by atoms with van der Waals surface area (Å²) in [7, 11) is 0. The van der Waals surface area contributed by atoms with Gasteiger partial charge >= 0.3 is 0 Å². The zero-order chi connectivity index (χ0) is 14.2. The van der Waals surface area contributed by atoms with E-state index in [-0.39, 0.29) is 0 Å². The number of thiazole rings is 1. The largest absolute Gasteiger partial charge is 0.382 e. The molecular formula is C17H15ClN2S. The van der Waals surface area contributed by atoms with Crippen LogP contribution in [0.4, 0.5) is 5.69 Å². The molecule has 1 heterocycles. The van der Waals surface area contributed by atoms with Gasteiger partial charge in [-0.25, -0.2) is 4.98 Å². The maximum absolute atomic E-state index is 5.94. The summed E-state index contributed by atoms with van der Waals surface area (Å²) in [6.45, 7) is 0. The Hall–Kier alpha value is -1.58. The fourth-order valence-corrected chi connectivity index (χ4v) is 3.77. The number of hydrogen-bond acceptors (Lipinski definition) is 3. The van der Waals surface area contributed by atoms with Gasteiger partial charge in [0.15, 0.2) is 0 Å². The van der Waals surface area contributed by atoms with Gasteiger partial charge in [-0.1, -0.05) is 23.7 Å².